The number of carbonyl (C=O) groups is 11. The first-order valence-electron chi connectivity index (χ1n) is 31.7. The van der Waals surface area contributed by atoms with Crippen molar-refractivity contribution in [2.45, 2.75) is 183 Å². The molecule has 3 rings (SSSR count). The van der Waals surface area contributed by atoms with Crippen LogP contribution in [-0.4, -0.2) is 196 Å². The van der Waals surface area contributed by atoms with E-state index in [0.29, 0.717) is 62.7 Å². The number of aliphatic imine (C=N–C) groups is 2. The highest BCUT2D eigenvalue weighted by Crippen LogP contribution is 2.22. The lowest BCUT2D eigenvalue weighted by Gasteiger charge is -2.30. The molecule has 522 valence electrons. The van der Waals surface area contributed by atoms with Gasteiger partial charge < -0.3 is 108 Å². The Bertz CT molecular complexity index is 2840. The summed E-state index contributed by atoms with van der Waals surface area (Å²) in [5.74, 6) is -9.18. The molecule has 1 aliphatic heterocycles. The number of nitrogens with one attached hydrogen (secondary N) is 8. The van der Waals surface area contributed by atoms with Crippen LogP contribution in [0.5, 0.6) is 11.5 Å². The summed E-state index contributed by atoms with van der Waals surface area (Å²) in [6.45, 7) is 0.239. The average Bonchev–Trinajstić information content (AvgIpc) is 1.63. The molecule has 0 saturated carbocycles. The minimum atomic E-state index is -1.53. The number of aliphatic hydroxyl groups excluding tert-OH is 1. The summed E-state index contributed by atoms with van der Waals surface area (Å²) < 4.78 is 0. The molecule has 1 heterocycles. The summed E-state index contributed by atoms with van der Waals surface area (Å²) in [5, 5.41) is 60.8. The first-order valence-corrected chi connectivity index (χ1v) is 31.7. The molecule has 1 saturated heterocycles. The predicted molar refractivity (Wildman–Crippen MR) is 347 cm³/mol. The number of phenolic OH excluding ortho intramolecular Hbond substituents is 2. The molecule has 0 spiro atoms. The molecule has 26 N–H and O–H groups in total. The number of hydrogen-bond donors (Lipinski definition) is 19. The molecule has 1 aliphatic rings. The number of amides is 10. The van der Waals surface area contributed by atoms with Gasteiger partial charge in [0.1, 0.15) is 59.8 Å². The number of nitrogens with two attached hydrogens (primary N) is 7. The molecule has 0 aliphatic carbocycles. The molecule has 0 bridgehead atoms. The van der Waals surface area contributed by atoms with Crippen LogP contribution in [0.3, 0.4) is 0 Å². The van der Waals surface area contributed by atoms with Gasteiger partial charge in [-0.25, -0.2) is 4.79 Å². The van der Waals surface area contributed by atoms with E-state index in [4.69, 9.17) is 40.1 Å². The zero-order valence-electron chi connectivity index (χ0n) is 53.2. The fourth-order valence-corrected chi connectivity index (χ4v) is 10.1. The van der Waals surface area contributed by atoms with Crippen LogP contribution in [0.4, 0.5) is 0 Å². The van der Waals surface area contributed by atoms with Crippen molar-refractivity contribution in [3.63, 3.8) is 0 Å². The third-order valence-electron chi connectivity index (χ3n) is 15.2. The highest BCUT2D eigenvalue weighted by atomic mass is 16.4. The van der Waals surface area contributed by atoms with E-state index in [-0.39, 0.29) is 133 Å². The van der Waals surface area contributed by atoms with Gasteiger partial charge in [0.25, 0.3) is 0 Å². The Labute approximate surface area is 546 Å². The fraction of sp³-hybridized carbons (Fsp3) is 0.590. The number of hydrogen-bond acceptors (Lipinski definition) is 18. The zero-order valence-corrected chi connectivity index (χ0v) is 53.2. The van der Waals surface area contributed by atoms with Crippen LogP contribution in [0.2, 0.25) is 0 Å². The molecule has 2 aromatic rings. The molecule has 33 nitrogen and oxygen atoms in total. The Balaban J connectivity index is 1.66. The van der Waals surface area contributed by atoms with Crippen LogP contribution < -0.4 is 82.7 Å². The van der Waals surface area contributed by atoms with Gasteiger partial charge in [0, 0.05) is 58.3 Å². The van der Waals surface area contributed by atoms with Crippen molar-refractivity contribution < 1.29 is 73.2 Å². The lowest BCUT2D eigenvalue weighted by molar-refractivity contribution is -0.142. The number of nitrogens with zero attached hydrogens (tertiary/aromatic N) is 3. The van der Waals surface area contributed by atoms with Gasteiger partial charge in [0.05, 0.1) is 6.61 Å². The monoisotopic (exact) mass is 1320 g/mol. The van der Waals surface area contributed by atoms with Gasteiger partial charge in [-0.15, -0.1) is 0 Å². The molecule has 94 heavy (non-hydrogen) atoms. The first-order chi connectivity index (χ1) is 44.8. The summed E-state index contributed by atoms with van der Waals surface area (Å²) in [6.07, 6.45) is 3.95. The molecule has 1 fully saturated rings. The van der Waals surface area contributed by atoms with E-state index in [1.807, 2.05) is 0 Å². The predicted octanol–water partition coefficient (Wildman–Crippen LogP) is -3.96. The number of carboxylic acids is 1. The maximum absolute atomic E-state index is 14.2. The molecule has 8 atom stereocenters. The van der Waals surface area contributed by atoms with Crippen LogP contribution >= 0.6 is 0 Å². The molecule has 2 aromatic carbocycles. The maximum Gasteiger partial charge on any atom is 0.326 e. The van der Waals surface area contributed by atoms with Crippen molar-refractivity contribution in [2.24, 2.45) is 50.1 Å². The second-order valence-electron chi connectivity index (χ2n) is 22.9. The van der Waals surface area contributed by atoms with Crippen molar-refractivity contribution in [2.75, 3.05) is 45.9 Å². The normalized spacial score (nSPS) is 14.8. The van der Waals surface area contributed by atoms with E-state index in [0.717, 1.165) is 12.8 Å². The first kappa shape index (κ1) is 78.9. The van der Waals surface area contributed by atoms with E-state index in [1.54, 1.807) is 12.1 Å². The minimum absolute atomic E-state index is 0.0114. The Morgan fingerprint density at radius 2 is 0.926 bits per heavy atom. The summed E-state index contributed by atoms with van der Waals surface area (Å²) >= 11 is 0. The molecular weight excluding hydrogens is 1220 g/mol. The van der Waals surface area contributed by atoms with Crippen LogP contribution in [0, 0.1) is 0 Å². The molecule has 0 aromatic heterocycles. The average molecular weight is 1320 g/mol. The standard InChI is InChI=1S/C61H98N18O15/c62-28-6-1-3-16-51(85)73-45(34-37-18-22-39(81)23-19-37)58(92)79-33-11-15-48(79)57(91)78-47(36-80)56(90)74-41(12-5-7-29-63)52(86)69-30-8-2-4-17-50(84)72-42(13-9-31-70-60(65)66)53(87)76-44(26-27-49(64)83)55(89)75-43(14-10-32-71-61(67)68)54(88)77-46(59(93)94)35-38-20-24-40(82)25-21-38/h18-25,41-48,80-82H,1-17,26-36,62-63H2,(H2,64,83)(H,69,86)(H,72,84)(H,73,85)(H,74,90)(H,75,89)(H,76,87)(H,77,88)(H,78,91)(H,93,94)(H4,65,66,70)(H4,67,68,71)/t41-,42-,43-,44-,45-,46-,47-,48-/m0/s1. The Kier molecular flexibility index (Phi) is 36.5. The Morgan fingerprint density at radius 3 is 1.41 bits per heavy atom. The van der Waals surface area contributed by atoms with E-state index in [9.17, 15) is 73.2 Å². The summed E-state index contributed by atoms with van der Waals surface area (Å²) in [7, 11) is 0. The molecule has 10 amide bonds. The fourth-order valence-electron chi connectivity index (χ4n) is 10.1. The number of aliphatic carboxylic acids is 1. The lowest BCUT2D eigenvalue weighted by atomic mass is 10.0. The summed E-state index contributed by atoms with van der Waals surface area (Å²) in [4.78, 5) is 157. The second-order valence-corrected chi connectivity index (χ2v) is 22.9. The number of unbranched alkanes of at least 4 members (excludes halogenated alkanes) is 5. The van der Waals surface area contributed by atoms with Crippen molar-refractivity contribution in [3.05, 3.63) is 59.7 Å². The van der Waals surface area contributed by atoms with E-state index in [1.165, 1.54) is 41.3 Å². The van der Waals surface area contributed by atoms with Gasteiger partial charge in [-0.3, -0.25) is 57.9 Å². The van der Waals surface area contributed by atoms with E-state index in [2.05, 4.69) is 52.5 Å². The van der Waals surface area contributed by atoms with Gasteiger partial charge in [0.2, 0.25) is 59.1 Å². The maximum atomic E-state index is 14.2. The quantitative estimate of drug-likeness (QED) is 0.0171. The third-order valence-corrected chi connectivity index (χ3v) is 15.2. The smallest absolute Gasteiger partial charge is 0.326 e. The zero-order chi connectivity index (χ0) is 69.5. The molecule has 0 radical (unpaired) electrons. The number of aliphatic hydroxyl groups is 1. The summed E-state index contributed by atoms with van der Waals surface area (Å²) in [5.41, 5.74) is 39.8. The van der Waals surface area contributed by atoms with Crippen LogP contribution in [0.15, 0.2) is 58.5 Å². The number of rotatable bonds is 46. The topological polar surface area (TPSA) is 575 Å². The highest BCUT2D eigenvalue weighted by molar-refractivity contribution is 5.97. The molecule has 33 heteroatoms. The van der Waals surface area contributed by atoms with E-state index >= 15 is 0 Å². The van der Waals surface area contributed by atoms with Gasteiger partial charge >= 0.3 is 5.97 Å². The van der Waals surface area contributed by atoms with Crippen molar-refractivity contribution in [1.29, 1.82) is 0 Å². The number of carbonyl (C=O) groups excluding carboxylic acids is 10. The number of likely N-dealkylation sites (tertiary alicyclic amines) is 1. The van der Waals surface area contributed by atoms with Crippen molar-refractivity contribution in [3.8, 4) is 11.5 Å². The number of phenols is 2. The number of aromatic hydroxyl groups is 2. The van der Waals surface area contributed by atoms with E-state index < -0.39 is 120 Å². The Morgan fingerprint density at radius 1 is 0.489 bits per heavy atom. The van der Waals surface area contributed by atoms with Gasteiger partial charge in [-0.1, -0.05) is 37.1 Å². The van der Waals surface area contributed by atoms with Gasteiger partial charge in [-0.2, -0.15) is 0 Å². The number of primary amides is 1. The largest absolute Gasteiger partial charge is 0.508 e. The van der Waals surface area contributed by atoms with Crippen LogP contribution in [0.25, 0.3) is 0 Å². The molecular formula is C61H98N18O15. The van der Waals surface area contributed by atoms with Crippen LogP contribution in [0.1, 0.15) is 133 Å². The Hall–Kier alpha value is -9.37. The number of guanidine groups is 2. The lowest BCUT2D eigenvalue weighted by Crippen LogP contribution is -2.59. The summed E-state index contributed by atoms with van der Waals surface area (Å²) in [6, 6.07) is 1.22. The highest BCUT2D eigenvalue weighted by Gasteiger charge is 2.40. The minimum Gasteiger partial charge on any atom is -0.508 e. The van der Waals surface area contributed by atoms with Gasteiger partial charge in [0.15, 0.2) is 11.9 Å². The SMILES string of the molecule is NCCCCCC(=O)N[C@@H](Cc1ccc(O)cc1)C(=O)N1CCC[C@H]1C(=O)N[C@@H](CO)C(=O)N[C@@H](CCCCN)C(=O)NCCCCCC(=O)N[C@@H](CCCN=C(N)N)C(=O)N[C@@H](CCC(N)=O)C(=O)N[C@@H](CCCN=C(N)N)C(=O)N[C@@H](Cc1ccc(O)cc1)C(=O)O. The van der Waals surface area contributed by atoms with Crippen molar-refractivity contribution in [1.82, 2.24) is 47.4 Å². The van der Waals surface area contributed by atoms with Gasteiger partial charge in [-0.05, 0) is 138 Å². The molecule has 0 unspecified atom stereocenters. The number of carboxylic acid groups (broad SMARTS) is 1. The van der Waals surface area contributed by atoms with Crippen LogP contribution in [-0.2, 0) is 65.6 Å². The number of benzene rings is 2. The second kappa shape index (κ2) is 43.5. The third kappa shape index (κ3) is 30.8. The van der Waals surface area contributed by atoms with Crippen molar-refractivity contribution >= 4 is 77.0 Å².